The van der Waals surface area contributed by atoms with Crippen molar-refractivity contribution in [3.05, 3.63) is 29.8 Å². The van der Waals surface area contributed by atoms with Gasteiger partial charge in [-0.05, 0) is 12.1 Å². The lowest BCUT2D eigenvalue weighted by molar-refractivity contribution is -0.883. The van der Waals surface area contributed by atoms with E-state index in [1.165, 1.54) is 21.3 Å². The maximum Gasteiger partial charge on any atom is 0.244 e. The molecule has 0 atom stereocenters. The van der Waals surface area contributed by atoms with Crippen LogP contribution in [0.25, 0.3) is 0 Å². The molecule has 1 fully saturated rings. The highest BCUT2D eigenvalue weighted by Gasteiger charge is 2.30. The van der Waals surface area contributed by atoms with Gasteiger partial charge in [-0.3, -0.25) is 0 Å². The van der Waals surface area contributed by atoms with Crippen molar-refractivity contribution < 1.29 is 13.3 Å². The lowest BCUT2D eigenvalue weighted by atomic mass is 10.2. The van der Waals surface area contributed by atoms with E-state index in [0.717, 1.165) is 13.1 Å². The molecular formula is C12H16N3O2S+. The SMILES string of the molecule is C[NH+]1CCN(S(=O)(=O)c2ccccc2C#N)CC1. The smallest absolute Gasteiger partial charge is 0.244 e. The van der Waals surface area contributed by atoms with Crippen LogP contribution < -0.4 is 4.90 Å². The van der Waals surface area contributed by atoms with E-state index in [2.05, 4.69) is 0 Å². The monoisotopic (exact) mass is 266 g/mol. The average Bonchev–Trinajstić information content (AvgIpc) is 2.39. The van der Waals surface area contributed by atoms with E-state index in [0.29, 0.717) is 13.1 Å². The molecule has 0 amide bonds. The normalized spacial score (nSPS) is 18.4. The van der Waals surface area contributed by atoms with Gasteiger partial charge in [0.05, 0.1) is 43.7 Å². The maximum atomic E-state index is 12.4. The molecule has 6 heteroatoms. The number of likely N-dealkylation sites (N-methyl/N-ethyl adjacent to an activating group) is 1. The molecule has 0 saturated carbocycles. The van der Waals surface area contributed by atoms with Gasteiger partial charge in [0.25, 0.3) is 0 Å². The molecule has 2 rings (SSSR count). The Kier molecular flexibility index (Phi) is 3.66. The zero-order valence-corrected chi connectivity index (χ0v) is 11.1. The first-order valence-corrected chi connectivity index (χ1v) is 7.30. The fraction of sp³-hybridized carbons (Fsp3) is 0.417. The van der Waals surface area contributed by atoms with Crippen molar-refractivity contribution in [1.82, 2.24) is 4.31 Å². The minimum atomic E-state index is -3.53. The molecule has 0 unspecified atom stereocenters. The number of benzene rings is 1. The van der Waals surface area contributed by atoms with Gasteiger partial charge in [0.15, 0.2) is 0 Å². The number of hydrogen-bond donors (Lipinski definition) is 1. The Balaban J connectivity index is 2.34. The second-order valence-corrected chi connectivity index (χ2v) is 6.38. The number of piperazine rings is 1. The fourth-order valence-electron chi connectivity index (χ4n) is 2.03. The fourth-order valence-corrected chi connectivity index (χ4v) is 3.61. The molecule has 96 valence electrons. The van der Waals surface area contributed by atoms with Gasteiger partial charge in [-0.1, -0.05) is 12.1 Å². The van der Waals surface area contributed by atoms with E-state index in [1.54, 1.807) is 12.1 Å². The Hall–Kier alpha value is -1.42. The van der Waals surface area contributed by atoms with E-state index < -0.39 is 10.0 Å². The highest BCUT2D eigenvalue weighted by Crippen LogP contribution is 2.19. The van der Waals surface area contributed by atoms with E-state index in [-0.39, 0.29) is 10.5 Å². The van der Waals surface area contributed by atoms with Gasteiger partial charge in [0.1, 0.15) is 6.07 Å². The van der Waals surface area contributed by atoms with Crippen molar-refractivity contribution in [2.75, 3.05) is 33.2 Å². The highest BCUT2D eigenvalue weighted by molar-refractivity contribution is 7.89. The van der Waals surface area contributed by atoms with E-state index in [4.69, 9.17) is 5.26 Å². The summed E-state index contributed by atoms with van der Waals surface area (Å²) in [6.45, 7) is 2.61. The summed E-state index contributed by atoms with van der Waals surface area (Å²) in [6.07, 6.45) is 0. The van der Waals surface area contributed by atoms with Gasteiger partial charge in [-0.25, -0.2) is 8.42 Å². The van der Waals surface area contributed by atoms with Crippen LogP contribution in [-0.2, 0) is 10.0 Å². The average molecular weight is 266 g/mol. The molecule has 1 N–H and O–H groups in total. The van der Waals surface area contributed by atoms with Crippen LogP contribution in [0.15, 0.2) is 29.2 Å². The van der Waals surface area contributed by atoms with Crippen molar-refractivity contribution in [3.63, 3.8) is 0 Å². The standard InChI is InChI=1S/C12H15N3O2S/c1-14-6-8-15(9-7-14)18(16,17)12-5-3-2-4-11(12)10-13/h2-5H,6-9H2,1H3/p+1. The molecule has 1 heterocycles. The zero-order chi connectivity index (χ0) is 13.2. The minimum Gasteiger partial charge on any atom is -0.335 e. The van der Waals surface area contributed by atoms with Gasteiger partial charge >= 0.3 is 0 Å². The lowest BCUT2D eigenvalue weighted by Gasteiger charge is -2.29. The molecule has 0 spiro atoms. The second-order valence-electron chi connectivity index (χ2n) is 4.47. The molecule has 0 aliphatic carbocycles. The van der Waals surface area contributed by atoms with Crippen LogP contribution in [0.4, 0.5) is 0 Å². The summed E-state index contributed by atoms with van der Waals surface area (Å²) in [7, 11) is -1.48. The molecule has 0 bridgehead atoms. The number of nitriles is 1. The van der Waals surface area contributed by atoms with Gasteiger partial charge in [-0.15, -0.1) is 0 Å². The van der Waals surface area contributed by atoms with Gasteiger partial charge in [-0.2, -0.15) is 9.57 Å². The first-order valence-electron chi connectivity index (χ1n) is 5.86. The third-order valence-corrected chi connectivity index (χ3v) is 5.16. The van der Waals surface area contributed by atoms with Crippen LogP contribution in [0.5, 0.6) is 0 Å². The van der Waals surface area contributed by atoms with Crippen LogP contribution in [0, 0.1) is 11.3 Å². The van der Waals surface area contributed by atoms with Crippen molar-refractivity contribution >= 4 is 10.0 Å². The van der Waals surface area contributed by atoms with Crippen LogP contribution in [0.2, 0.25) is 0 Å². The molecule has 1 aromatic rings. The van der Waals surface area contributed by atoms with Crippen LogP contribution in [-0.4, -0.2) is 45.9 Å². The van der Waals surface area contributed by atoms with Crippen molar-refractivity contribution in [2.45, 2.75) is 4.90 Å². The molecule has 1 aliphatic rings. The summed E-state index contributed by atoms with van der Waals surface area (Å²) < 4.78 is 26.3. The predicted octanol–water partition coefficient (Wildman–Crippen LogP) is -0.923. The Morgan fingerprint density at radius 2 is 1.89 bits per heavy atom. The van der Waals surface area contributed by atoms with E-state index >= 15 is 0 Å². The minimum absolute atomic E-state index is 0.118. The third-order valence-electron chi connectivity index (χ3n) is 3.20. The second kappa shape index (κ2) is 5.06. The van der Waals surface area contributed by atoms with Crippen LogP contribution in [0.1, 0.15) is 5.56 Å². The quantitative estimate of drug-likeness (QED) is 0.753. The summed E-state index contributed by atoms with van der Waals surface area (Å²) in [6, 6.07) is 8.29. The lowest BCUT2D eigenvalue weighted by Crippen LogP contribution is -3.12. The van der Waals surface area contributed by atoms with Crippen LogP contribution >= 0.6 is 0 Å². The largest absolute Gasteiger partial charge is 0.335 e. The Morgan fingerprint density at radius 1 is 1.28 bits per heavy atom. The molecule has 1 aromatic carbocycles. The predicted molar refractivity (Wildman–Crippen MR) is 66.5 cm³/mol. The molecule has 18 heavy (non-hydrogen) atoms. The first-order chi connectivity index (χ1) is 8.55. The maximum absolute atomic E-state index is 12.4. The summed E-state index contributed by atoms with van der Waals surface area (Å²) in [5, 5.41) is 8.99. The summed E-state index contributed by atoms with van der Waals surface area (Å²) in [4.78, 5) is 1.45. The van der Waals surface area contributed by atoms with Gasteiger partial charge in [0, 0.05) is 0 Å². The Bertz CT molecular complexity index is 569. The first kappa shape index (κ1) is 13.0. The van der Waals surface area contributed by atoms with Crippen LogP contribution in [0.3, 0.4) is 0 Å². The topological polar surface area (TPSA) is 65.6 Å². The number of quaternary nitrogens is 1. The molecule has 1 saturated heterocycles. The third kappa shape index (κ3) is 2.38. The van der Waals surface area contributed by atoms with Crippen molar-refractivity contribution in [2.24, 2.45) is 0 Å². The zero-order valence-electron chi connectivity index (χ0n) is 10.3. The molecular weight excluding hydrogens is 250 g/mol. The molecule has 0 radical (unpaired) electrons. The highest BCUT2D eigenvalue weighted by atomic mass is 32.2. The summed E-state index contributed by atoms with van der Waals surface area (Å²) >= 11 is 0. The molecule has 1 aliphatic heterocycles. The van der Waals surface area contributed by atoms with E-state index in [9.17, 15) is 8.42 Å². The number of rotatable bonds is 2. The van der Waals surface area contributed by atoms with E-state index in [1.807, 2.05) is 13.1 Å². The molecule has 5 nitrogen and oxygen atoms in total. The number of hydrogen-bond acceptors (Lipinski definition) is 3. The molecule has 0 aromatic heterocycles. The van der Waals surface area contributed by atoms with Crippen molar-refractivity contribution in [1.29, 1.82) is 5.26 Å². The van der Waals surface area contributed by atoms with Crippen molar-refractivity contribution in [3.8, 4) is 6.07 Å². The summed E-state index contributed by atoms with van der Waals surface area (Å²) in [5.74, 6) is 0. The van der Waals surface area contributed by atoms with Gasteiger partial charge < -0.3 is 4.90 Å². The Morgan fingerprint density at radius 3 is 2.50 bits per heavy atom. The summed E-state index contributed by atoms with van der Waals surface area (Å²) in [5.41, 5.74) is 0.212. The number of nitrogens with zero attached hydrogens (tertiary/aromatic N) is 2. The Labute approximate surface area is 107 Å². The van der Waals surface area contributed by atoms with Gasteiger partial charge in [0.2, 0.25) is 10.0 Å². The number of sulfonamides is 1. The number of nitrogens with one attached hydrogen (secondary N) is 1.